The van der Waals surface area contributed by atoms with Crippen molar-refractivity contribution in [1.82, 2.24) is 0 Å². The van der Waals surface area contributed by atoms with Crippen molar-refractivity contribution in [3.63, 3.8) is 0 Å². The lowest BCUT2D eigenvalue weighted by Gasteiger charge is -2.24. The summed E-state index contributed by atoms with van der Waals surface area (Å²) in [7, 11) is 2.73. The molecule has 0 spiro atoms. The van der Waals surface area contributed by atoms with Crippen LogP contribution in [0.3, 0.4) is 0 Å². The van der Waals surface area contributed by atoms with E-state index in [-0.39, 0.29) is 0 Å². The van der Waals surface area contributed by atoms with E-state index in [9.17, 15) is 0 Å². The van der Waals surface area contributed by atoms with Gasteiger partial charge in [0.05, 0.1) is 0 Å². The summed E-state index contributed by atoms with van der Waals surface area (Å²) < 4.78 is 17.3. The van der Waals surface area contributed by atoms with E-state index < -0.39 is 8.80 Å². The monoisotopic (exact) mass is 332 g/mol. The Balaban J connectivity index is 3.61. The van der Waals surface area contributed by atoms with Crippen molar-refractivity contribution in [2.45, 2.75) is 31.7 Å². The largest absolute Gasteiger partial charge is 0.500 e. The van der Waals surface area contributed by atoms with Crippen LogP contribution in [-0.2, 0) is 13.3 Å². The number of hydrogen-bond donors (Lipinski definition) is 0. The quantitative estimate of drug-likeness (QED) is 0.281. The number of unbranched alkanes of at least 4 members (excludes halogenated alkanes) is 3. The molecule has 5 heteroatoms. The molecule has 14 heavy (non-hydrogen) atoms. The van der Waals surface area contributed by atoms with E-state index in [1.165, 1.54) is 23.7 Å². The first-order valence-corrected chi connectivity index (χ1v) is 8.42. The third-order valence-electron chi connectivity index (χ3n) is 2.30. The number of hydrogen-bond acceptors (Lipinski definition) is 3. The lowest BCUT2D eigenvalue weighted by molar-refractivity contribution is 0.122. The van der Waals surface area contributed by atoms with Gasteiger partial charge >= 0.3 is 8.80 Å². The van der Waals surface area contributed by atoms with Crippen molar-refractivity contribution in [3.8, 4) is 0 Å². The van der Waals surface area contributed by atoms with E-state index in [2.05, 4.69) is 22.6 Å². The van der Waals surface area contributed by atoms with Crippen LogP contribution < -0.4 is 0 Å². The Kier molecular flexibility index (Phi) is 9.62. The second-order valence-electron chi connectivity index (χ2n) is 3.15. The van der Waals surface area contributed by atoms with Crippen LogP contribution in [0.5, 0.6) is 0 Å². The van der Waals surface area contributed by atoms with Gasteiger partial charge in [0, 0.05) is 27.4 Å². The third kappa shape index (κ3) is 5.65. The number of halogens is 1. The van der Waals surface area contributed by atoms with Gasteiger partial charge in [-0.05, 0) is 17.3 Å². The summed E-state index contributed by atoms with van der Waals surface area (Å²) >= 11 is 2.41. The molecular weight excluding hydrogens is 311 g/mol. The minimum atomic E-state index is -2.28. The number of rotatable bonds is 9. The van der Waals surface area contributed by atoms with E-state index >= 15 is 0 Å². The molecule has 0 aliphatic rings. The molecule has 0 N–H and O–H groups in total. The van der Waals surface area contributed by atoms with Crippen LogP contribution in [0.4, 0.5) is 0 Å². The van der Waals surface area contributed by atoms with Gasteiger partial charge < -0.3 is 13.3 Å². The molecule has 0 fully saturated rings. The Morgan fingerprint density at radius 1 is 0.857 bits per heavy atom. The summed E-state index contributed by atoms with van der Waals surface area (Å²) in [5, 5.41) is 0. The third-order valence-corrected chi connectivity index (χ3v) is 5.89. The molecule has 0 saturated carbocycles. The Hall–Kier alpha value is 0.827. The molecule has 0 aromatic heterocycles. The summed E-state index contributed by atoms with van der Waals surface area (Å²) in [6, 6.07) is 0.928. The first-order chi connectivity index (χ1) is 6.74. The average Bonchev–Trinajstić information content (AvgIpc) is 2.24. The molecule has 0 amide bonds. The maximum atomic E-state index is 5.34. The van der Waals surface area contributed by atoms with E-state index in [0.29, 0.717) is 0 Å². The second kappa shape index (κ2) is 9.08. The number of alkyl halides is 1. The van der Waals surface area contributed by atoms with Gasteiger partial charge in [0.15, 0.2) is 0 Å². The van der Waals surface area contributed by atoms with Gasteiger partial charge in [-0.1, -0.05) is 35.4 Å². The van der Waals surface area contributed by atoms with Crippen LogP contribution in [0.25, 0.3) is 0 Å². The standard InChI is InChI=1S/C9H21IO3Si/c1-11-14(12-2,13-3)9-7-5-4-6-8-10/h4-9H2,1-3H3. The normalized spacial score (nSPS) is 12.0. The Bertz CT molecular complexity index is 123. The summed E-state index contributed by atoms with van der Waals surface area (Å²) in [5.41, 5.74) is 0. The van der Waals surface area contributed by atoms with E-state index in [4.69, 9.17) is 13.3 Å². The fourth-order valence-corrected chi connectivity index (χ4v) is 3.68. The van der Waals surface area contributed by atoms with Gasteiger partial charge in [-0.2, -0.15) is 0 Å². The maximum absolute atomic E-state index is 5.34. The highest BCUT2D eigenvalue weighted by atomic mass is 127. The molecule has 86 valence electrons. The summed E-state index contributed by atoms with van der Waals surface area (Å²) in [6.45, 7) is 0. The van der Waals surface area contributed by atoms with Gasteiger partial charge in [0.1, 0.15) is 0 Å². The molecule has 0 aromatic carbocycles. The molecule has 3 nitrogen and oxygen atoms in total. The molecule has 0 unspecified atom stereocenters. The van der Waals surface area contributed by atoms with Crippen LogP contribution in [0.15, 0.2) is 0 Å². The molecular formula is C9H21IO3Si. The van der Waals surface area contributed by atoms with Crippen molar-refractivity contribution < 1.29 is 13.3 Å². The van der Waals surface area contributed by atoms with Crippen molar-refractivity contribution in [3.05, 3.63) is 0 Å². The first-order valence-electron chi connectivity index (χ1n) is 4.96. The fourth-order valence-electron chi connectivity index (χ4n) is 1.35. The van der Waals surface area contributed by atoms with Crippen molar-refractivity contribution in [2.75, 3.05) is 25.8 Å². The highest BCUT2D eigenvalue weighted by molar-refractivity contribution is 14.1. The molecule has 0 radical (unpaired) electrons. The topological polar surface area (TPSA) is 27.7 Å². The molecule has 0 atom stereocenters. The van der Waals surface area contributed by atoms with Crippen LogP contribution in [-0.4, -0.2) is 34.6 Å². The zero-order valence-corrected chi connectivity index (χ0v) is 12.5. The Morgan fingerprint density at radius 2 is 1.36 bits per heavy atom. The highest BCUT2D eigenvalue weighted by Crippen LogP contribution is 2.17. The lowest BCUT2D eigenvalue weighted by atomic mass is 10.2. The molecule has 0 aliphatic heterocycles. The van der Waals surface area contributed by atoms with Crippen LogP contribution in [0.2, 0.25) is 6.04 Å². The molecule has 0 aliphatic carbocycles. The van der Waals surface area contributed by atoms with Gasteiger partial charge in [-0.3, -0.25) is 0 Å². The zero-order chi connectivity index (χ0) is 10.9. The lowest BCUT2D eigenvalue weighted by Crippen LogP contribution is -2.42. The first kappa shape index (κ1) is 14.8. The van der Waals surface area contributed by atoms with Crippen molar-refractivity contribution in [2.24, 2.45) is 0 Å². The van der Waals surface area contributed by atoms with Crippen LogP contribution in [0, 0.1) is 0 Å². The Labute approximate surface area is 102 Å². The SMILES string of the molecule is CO[Si](CCCCCCI)(OC)OC. The van der Waals surface area contributed by atoms with Gasteiger partial charge in [-0.25, -0.2) is 0 Å². The average molecular weight is 332 g/mol. The summed E-state index contributed by atoms with van der Waals surface area (Å²) in [5.74, 6) is 0. The zero-order valence-electron chi connectivity index (χ0n) is 9.35. The van der Waals surface area contributed by atoms with Gasteiger partial charge in [0.25, 0.3) is 0 Å². The maximum Gasteiger partial charge on any atom is 0.500 e. The predicted molar refractivity (Wildman–Crippen MR) is 68.9 cm³/mol. The second-order valence-corrected chi connectivity index (χ2v) is 7.32. The molecule has 0 saturated heterocycles. The van der Waals surface area contributed by atoms with E-state index in [1.54, 1.807) is 21.3 Å². The summed E-state index contributed by atoms with van der Waals surface area (Å²) in [6.07, 6.45) is 4.98. The molecule has 0 heterocycles. The van der Waals surface area contributed by atoms with E-state index in [1.807, 2.05) is 0 Å². The van der Waals surface area contributed by atoms with Gasteiger partial charge in [0.2, 0.25) is 0 Å². The minimum Gasteiger partial charge on any atom is -0.377 e. The molecule has 0 bridgehead atoms. The summed E-state index contributed by atoms with van der Waals surface area (Å²) in [4.78, 5) is 0. The van der Waals surface area contributed by atoms with Gasteiger partial charge in [-0.15, -0.1) is 0 Å². The van der Waals surface area contributed by atoms with Crippen LogP contribution >= 0.6 is 22.6 Å². The van der Waals surface area contributed by atoms with Crippen LogP contribution in [0.1, 0.15) is 25.7 Å². The molecule has 0 aromatic rings. The minimum absolute atomic E-state index is 0.928. The van der Waals surface area contributed by atoms with Crippen molar-refractivity contribution >= 4 is 31.4 Å². The highest BCUT2D eigenvalue weighted by Gasteiger charge is 2.36. The van der Waals surface area contributed by atoms with Crippen molar-refractivity contribution in [1.29, 1.82) is 0 Å². The fraction of sp³-hybridized carbons (Fsp3) is 1.00. The smallest absolute Gasteiger partial charge is 0.377 e. The predicted octanol–water partition coefficient (Wildman–Crippen LogP) is 2.86. The Morgan fingerprint density at radius 3 is 1.79 bits per heavy atom. The molecule has 0 rings (SSSR count). The van der Waals surface area contributed by atoms with E-state index in [0.717, 1.165) is 12.5 Å².